The summed E-state index contributed by atoms with van der Waals surface area (Å²) in [7, 11) is 0. The zero-order chi connectivity index (χ0) is 11.7. The first-order chi connectivity index (χ1) is 7.59. The van der Waals surface area contributed by atoms with Crippen molar-refractivity contribution in [1.29, 1.82) is 0 Å². The highest BCUT2D eigenvalue weighted by Gasteiger charge is 2.29. The van der Waals surface area contributed by atoms with Crippen LogP contribution in [0.1, 0.15) is 10.9 Å². The van der Waals surface area contributed by atoms with Gasteiger partial charge in [0.15, 0.2) is 5.92 Å². The molecular formula is C10H7NO3S2. The molecule has 0 spiro atoms. The number of carboxylic acid groups (broad SMARTS) is 1. The minimum atomic E-state index is -1.28. The number of carboxylic acids is 1. The van der Waals surface area contributed by atoms with E-state index in [0.29, 0.717) is 5.52 Å². The number of thiazole rings is 1. The minimum absolute atomic E-state index is 0.272. The molecule has 0 aliphatic heterocycles. The van der Waals surface area contributed by atoms with Gasteiger partial charge in [0.2, 0.25) is 5.12 Å². The van der Waals surface area contributed by atoms with E-state index in [0.717, 1.165) is 4.70 Å². The van der Waals surface area contributed by atoms with E-state index in [9.17, 15) is 9.59 Å². The van der Waals surface area contributed by atoms with Gasteiger partial charge in [0, 0.05) is 0 Å². The van der Waals surface area contributed by atoms with Crippen molar-refractivity contribution >= 4 is 45.3 Å². The summed E-state index contributed by atoms with van der Waals surface area (Å²) < 4.78 is 0.860. The predicted molar refractivity (Wildman–Crippen MR) is 64.0 cm³/mol. The standard InChI is InChI=1S/C10H7NO3S2/c12-9(13)7(10(14)15)8-11-5-3-1-2-4-6(5)16-8/h1-4,7H,(H,12,13)(H,14,15). The highest BCUT2D eigenvalue weighted by atomic mass is 32.1. The molecule has 1 unspecified atom stereocenters. The van der Waals surface area contributed by atoms with Crippen molar-refractivity contribution in [1.82, 2.24) is 4.98 Å². The Bertz CT molecular complexity index is 517. The van der Waals surface area contributed by atoms with Crippen LogP contribution in [0.15, 0.2) is 24.3 Å². The monoisotopic (exact) mass is 253 g/mol. The summed E-state index contributed by atoms with van der Waals surface area (Å²) in [4.78, 5) is 26.2. The number of rotatable bonds is 3. The van der Waals surface area contributed by atoms with Crippen molar-refractivity contribution in [3.05, 3.63) is 29.3 Å². The lowest BCUT2D eigenvalue weighted by atomic mass is 10.2. The molecular weight excluding hydrogens is 246 g/mol. The van der Waals surface area contributed by atoms with Crippen molar-refractivity contribution in [3.63, 3.8) is 0 Å². The number of hydrogen-bond donors (Lipinski definition) is 2. The van der Waals surface area contributed by atoms with E-state index in [1.54, 1.807) is 6.07 Å². The van der Waals surface area contributed by atoms with Crippen LogP contribution in [-0.2, 0) is 9.59 Å². The number of benzene rings is 1. The molecule has 1 aromatic heterocycles. The topological polar surface area (TPSA) is 67.3 Å². The Balaban J connectivity index is 2.53. The van der Waals surface area contributed by atoms with Gasteiger partial charge in [-0.05, 0) is 12.1 Å². The lowest BCUT2D eigenvalue weighted by molar-refractivity contribution is -0.140. The van der Waals surface area contributed by atoms with E-state index in [1.807, 2.05) is 18.2 Å². The summed E-state index contributed by atoms with van der Waals surface area (Å²) in [6, 6.07) is 7.25. The molecule has 0 fully saturated rings. The average molecular weight is 253 g/mol. The van der Waals surface area contributed by atoms with Crippen LogP contribution in [0.4, 0.5) is 0 Å². The molecule has 6 heteroatoms. The van der Waals surface area contributed by atoms with Gasteiger partial charge in [-0.1, -0.05) is 12.1 Å². The molecule has 4 nitrogen and oxygen atoms in total. The van der Waals surface area contributed by atoms with Crippen molar-refractivity contribution in [2.45, 2.75) is 5.92 Å². The number of fused-ring (bicyclic) bond motifs is 1. The Morgan fingerprint density at radius 2 is 2.06 bits per heavy atom. The summed E-state index contributed by atoms with van der Waals surface area (Å²) in [5.41, 5.74) is 0.698. The number of hydrogen-bond acceptors (Lipinski definition) is 4. The maximum atomic E-state index is 11.1. The lowest BCUT2D eigenvalue weighted by Gasteiger charge is -2.02. The third-order valence-electron chi connectivity index (χ3n) is 2.05. The van der Waals surface area contributed by atoms with Gasteiger partial charge in [-0.3, -0.25) is 9.59 Å². The quantitative estimate of drug-likeness (QED) is 0.648. The van der Waals surface area contributed by atoms with Gasteiger partial charge in [0.1, 0.15) is 5.01 Å². The SMILES string of the molecule is O=C(O)C(C(=O)S)c1nc2ccccc2s1. The molecule has 1 heterocycles. The van der Waals surface area contributed by atoms with Crippen molar-refractivity contribution < 1.29 is 14.7 Å². The van der Waals surface area contributed by atoms with Crippen LogP contribution < -0.4 is 0 Å². The first-order valence-corrected chi connectivity index (χ1v) is 5.67. The normalized spacial score (nSPS) is 12.6. The molecule has 0 radical (unpaired) electrons. The number of thiol groups is 1. The number of carbonyl (C=O) groups excluding carboxylic acids is 1. The Morgan fingerprint density at radius 3 is 2.62 bits per heavy atom. The Morgan fingerprint density at radius 1 is 1.38 bits per heavy atom. The second-order valence-corrected chi connectivity index (χ2v) is 4.63. The van der Waals surface area contributed by atoms with E-state index in [4.69, 9.17) is 5.11 Å². The lowest BCUT2D eigenvalue weighted by Crippen LogP contribution is -2.17. The molecule has 1 N–H and O–H groups in total. The van der Waals surface area contributed by atoms with E-state index >= 15 is 0 Å². The molecule has 16 heavy (non-hydrogen) atoms. The number of aliphatic carboxylic acids is 1. The highest BCUT2D eigenvalue weighted by Crippen LogP contribution is 2.28. The fraction of sp³-hybridized carbons (Fsp3) is 0.100. The minimum Gasteiger partial charge on any atom is -0.480 e. The molecule has 0 saturated heterocycles. The molecule has 0 bridgehead atoms. The first-order valence-electron chi connectivity index (χ1n) is 4.40. The van der Waals surface area contributed by atoms with Crippen LogP contribution in [0, 0.1) is 0 Å². The van der Waals surface area contributed by atoms with Crippen LogP contribution in [0.5, 0.6) is 0 Å². The third-order valence-corrected chi connectivity index (χ3v) is 3.41. The van der Waals surface area contributed by atoms with Gasteiger partial charge >= 0.3 is 5.97 Å². The Hall–Kier alpha value is -1.40. The van der Waals surface area contributed by atoms with Crippen LogP contribution >= 0.6 is 24.0 Å². The Kier molecular flexibility index (Phi) is 2.93. The van der Waals surface area contributed by atoms with Crippen molar-refractivity contribution in [3.8, 4) is 0 Å². The van der Waals surface area contributed by atoms with Crippen LogP contribution in [0.25, 0.3) is 10.2 Å². The number of carbonyl (C=O) groups is 2. The molecule has 1 aromatic carbocycles. The van der Waals surface area contributed by atoms with Gasteiger partial charge in [-0.25, -0.2) is 4.98 Å². The van der Waals surface area contributed by atoms with Gasteiger partial charge in [-0.2, -0.15) is 0 Å². The van der Waals surface area contributed by atoms with E-state index in [2.05, 4.69) is 17.6 Å². The van der Waals surface area contributed by atoms with Crippen LogP contribution in [-0.4, -0.2) is 21.2 Å². The van der Waals surface area contributed by atoms with Gasteiger partial charge in [0.05, 0.1) is 10.2 Å². The molecule has 2 aromatic rings. The van der Waals surface area contributed by atoms with Crippen LogP contribution in [0.2, 0.25) is 0 Å². The zero-order valence-electron chi connectivity index (χ0n) is 7.95. The van der Waals surface area contributed by atoms with Crippen molar-refractivity contribution in [2.75, 3.05) is 0 Å². The Labute approximate surface area is 100 Å². The summed E-state index contributed by atoms with van der Waals surface area (Å²) in [6.07, 6.45) is 0. The molecule has 82 valence electrons. The fourth-order valence-corrected chi connectivity index (χ4v) is 2.71. The second kappa shape index (κ2) is 4.23. The predicted octanol–water partition coefficient (Wildman–Crippen LogP) is 1.92. The summed E-state index contributed by atoms with van der Waals surface area (Å²) in [5.74, 6) is -2.50. The summed E-state index contributed by atoms with van der Waals surface area (Å²) in [5, 5.41) is 8.49. The number of para-hydroxylation sites is 1. The summed E-state index contributed by atoms with van der Waals surface area (Å²) in [6.45, 7) is 0. The summed E-state index contributed by atoms with van der Waals surface area (Å²) >= 11 is 4.77. The number of aromatic nitrogens is 1. The molecule has 0 aliphatic rings. The van der Waals surface area contributed by atoms with E-state index in [-0.39, 0.29) is 5.01 Å². The third kappa shape index (κ3) is 1.94. The average Bonchev–Trinajstić information content (AvgIpc) is 2.58. The molecule has 1 atom stereocenters. The number of nitrogens with zero attached hydrogens (tertiary/aromatic N) is 1. The van der Waals surface area contributed by atoms with Crippen molar-refractivity contribution in [2.24, 2.45) is 0 Å². The van der Waals surface area contributed by atoms with Gasteiger partial charge in [0.25, 0.3) is 0 Å². The maximum absolute atomic E-state index is 11.1. The van der Waals surface area contributed by atoms with E-state index < -0.39 is 17.0 Å². The largest absolute Gasteiger partial charge is 0.480 e. The maximum Gasteiger partial charge on any atom is 0.322 e. The van der Waals surface area contributed by atoms with Crippen LogP contribution in [0.3, 0.4) is 0 Å². The molecule has 0 saturated carbocycles. The van der Waals surface area contributed by atoms with Gasteiger partial charge < -0.3 is 5.11 Å². The fourth-order valence-electron chi connectivity index (χ4n) is 1.33. The van der Waals surface area contributed by atoms with Gasteiger partial charge in [-0.15, -0.1) is 24.0 Å². The second-order valence-electron chi connectivity index (χ2n) is 3.13. The molecule has 0 amide bonds. The van der Waals surface area contributed by atoms with E-state index in [1.165, 1.54) is 11.3 Å². The zero-order valence-corrected chi connectivity index (χ0v) is 9.66. The highest BCUT2D eigenvalue weighted by molar-refractivity contribution is 7.96. The molecule has 0 aliphatic carbocycles. The molecule has 2 rings (SSSR count). The first kappa shape index (κ1) is 11.1. The smallest absolute Gasteiger partial charge is 0.322 e.